The van der Waals surface area contributed by atoms with Gasteiger partial charge in [-0.05, 0) is 19.1 Å². The van der Waals surface area contributed by atoms with Crippen LogP contribution < -0.4 is 5.56 Å². The number of esters is 1. The summed E-state index contributed by atoms with van der Waals surface area (Å²) in [7, 11) is 0. The van der Waals surface area contributed by atoms with E-state index in [1.165, 1.54) is 22.7 Å². The molecule has 0 bridgehead atoms. The fraction of sp³-hybridized carbons (Fsp3) is 0.154. The summed E-state index contributed by atoms with van der Waals surface area (Å²) in [6.45, 7) is 1.67. The number of halogens is 1. The molecule has 0 aromatic carbocycles. The van der Waals surface area contributed by atoms with Crippen LogP contribution in [-0.2, 0) is 16.1 Å². The highest BCUT2D eigenvalue weighted by Crippen LogP contribution is 2.08. The van der Waals surface area contributed by atoms with Crippen LogP contribution in [0, 0.1) is 0 Å². The first kappa shape index (κ1) is 13.3. The lowest BCUT2D eigenvalue weighted by Crippen LogP contribution is -2.16. The topological polar surface area (TPSA) is 60.7 Å². The summed E-state index contributed by atoms with van der Waals surface area (Å²) in [6.07, 6.45) is 4.36. The lowest BCUT2D eigenvalue weighted by molar-refractivity contribution is -0.139. The van der Waals surface area contributed by atoms with Gasteiger partial charge in [0, 0.05) is 18.3 Å². The predicted molar refractivity (Wildman–Crippen MR) is 71.1 cm³/mol. The van der Waals surface area contributed by atoms with E-state index in [0.29, 0.717) is 16.4 Å². The maximum atomic E-state index is 11.8. The second-order valence-electron chi connectivity index (χ2n) is 3.77. The summed E-state index contributed by atoms with van der Waals surface area (Å²) in [6, 6.07) is 4.58. The predicted octanol–water partition coefficient (Wildman–Crippen LogP) is 1.97. The minimum Gasteiger partial charge on any atom is -0.456 e. The van der Waals surface area contributed by atoms with Crippen molar-refractivity contribution in [2.45, 2.75) is 13.5 Å². The number of hydrogen-bond acceptors (Lipinski definition) is 4. The Morgan fingerprint density at radius 3 is 3.05 bits per heavy atom. The van der Waals surface area contributed by atoms with Crippen molar-refractivity contribution in [3.63, 3.8) is 0 Å². The van der Waals surface area contributed by atoms with Gasteiger partial charge in [0.05, 0.1) is 10.7 Å². The molecular weight excluding hydrogens is 268 g/mol. The summed E-state index contributed by atoms with van der Waals surface area (Å²) in [5.74, 6) is -0.472. The van der Waals surface area contributed by atoms with Gasteiger partial charge in [0.25, 0.3) is 5.56 Å². The molecule has 5 nitrogen and oxygen atoms in total. The van der Waals surface area contributed by atoms with Crippen molar-refractivity contribution < 1.29 is 9.53 Å². The van der Waals surface area contributed by atoms with E-state index >= 15 is 0 Å². The molecule has 6 heteroatoms. The van der Waals surface area contributed by atoms with Crippen LogP contribution >= 0.6 is 11.6 Å². The second-order valence-corrected chi connectivity index (χ2v) is 4.21. The first-order valence-electron chi connectivity index (χ1n) is 5.57. The van der Waals surface area contributed by atoms with Crippen molar-refractivity contribution in [3.05, 3.63) is 57.6 Å². The van der Waals surface area contributed by atoms with E-state index in [4.69, 9.17) is 16.3 Å². The molecule has 0 aliphatic rings. The summed E-state index contributed by atoms with van der Waals surface area (Å²) < 4.78 is 6.27. The maximum absolute atomic E-state index is 11.8. The van der Waals surface area contributed by atoms with Crippen molar-refractivity contribution in [3.8, 4) is 0 Å². The van der Waals surface area contributed by atoms with Crippen LogP contribution in [0.5, 0.6) is 0 Å². The Labute approximate surface area is 114 Å². The Kier molecular flexibility index (Phi) is 3.97. The Hall–Kier alpha value is -2.14. The number of allylic oxidation sites excluding steroid dienone is 1. The van der Waals surface area contributed by atoms with Crippen LogP contribution in [0.1, 0.15) is 12.6 Å². The van der Waals surface area contributed by atoms with Gasteiger partial charge in [-0.2, -0.15) is 0 Å². The highest BCUT2D eigenvalue weighted by Gasteiger charge is 2.05. The first-order valence-corrected chi connectivity index (χ1v) is 5.95. The maximum Gasteiger partial charge on any atom is 0.330 e. The Balaban J connectivity index is 2.29. The lowest BCUT2D eigenvalue weighted by Gasteiger charge is -2.04. The molecule has 0 spiro atoms. The van der Waals surface area contributed by atoms with E-state index < -0.39 is 5.97 Å². The van der Waals surface area contributed by atoms with Crippen LogP contribution in [0.4, 0.5) is 0 Å². The van der Waals surface area contributed by atoms with Crippen molar-refractivity contribution in [2.24, 2.45) is 0 Å². The van der Waals surface area contributed by atoms with Gasteiger partial charge in [0.1, 0.15) is 12.3 Å². The molecule has 98 valence electrons. The summed E-state index contributed by atoms with van der Waals surface area (Å²) in [5.41, 5.74) is 0.573. The molecule has 0 aliphatic heterocycles. The van der Waals surface area contributed by atoms with Gasteiger partial charge < -0.3 is 4.74 Å². The van der Waals surface area contributed by atoms with Gasteiger partial charge in [-0.15, -0.1) is 0 Å². The number of fused-ring (bicyclic) bond motifs is 1. The number of ether oxygens (including phenoxy) is 1. The number of nitrogens with zero attached hydrogens (tertiary/aromatic N) is 2. The molecule has 2 heterocycles. The Morgan fingerprint density at radius 1 is 1.53 bits per heavy atom. The molecule has 0 amide bonds. The molecule has 19 heavy (non-hydrogen) atoms. The largest absolute Gasteiger partial charge is 0.456 e. The zero-order chi connectivity index (χ0) is 13.8. The van der Waals surface area contributed by atoms with Crippen LogP contribution in [0.15, 0.2) is 41.3 Å². The van der Waals surface area contributed by atoms with Crippen LogP contribution in [-0.4, -0.2) is 15.4 Å². The normalized spacial score (nSPS) is 11.1. The SMILES string of the molecule is C/C=C/C(=O)OCc1cc(=O)n2cc(Cl)ccc2n1. The third kappa shape index (κ3) is 3.20. The molecule has 0 radical (unpaired) electrons. The standard InChI is InChI=1S/C13H11ClN2O3/c1-2-3-13(18)19-8-10-6-12(17)16-7-9(14)4-5-11(16)15-10/h2-7H,8H2,1H3/b3-2+. The number of pyridine rings is 1. The van der Waals surface area contributed by atoms with E-state index in [1.54, 1.807) is 25.1 Å². The fourth-order valence-electron chi connectivity index (χ4n) is 1.53. The molecule has 0 N–H and O–H groups in total. The highest BCUT2D eigenvalue weighted by molar-refractivity contribution is 6.30. The average molecular weight is 279 g/mol. The highest BCUT2D eigenvalue weighted by atomic mass is 35.5. The molecule has 0 unspecified atom stereocenters. The quantitative estimate of drug-likeness (QED) is 0.636. The monoisotopic (exact) mass is 278 g/mol. The van der Waals surface area contributed by atoms with E-state index in [0.717, 1.165) is 0 Å². The molecule has 0 fully saturated rings. The number of carbonyl (C=O) groups excluding carboxylic acids is 1. The molecular formula is C13H11ClN2O3. The second kappa shape index (κ2) is 5.67. The van der Waals surface area contributed by atoms with Crippen molar-refractivity contribution in [1.82, 2.24) is 9.38 Å². The lowest BCUT2D eigenvalue weighted by atomic mass is 10.4. The summed E-state index contributed by atoms with van der Waals surface area (Å²) in [5, 5.41) is 0.448. The van der Waals surface area contributed by atoms with E-state index in [9.17, 15) is 9.59 Å². The molecule has 2 aromatic heterocycles. The zero-order valence-electron chi connectivity index (χ0n) is 10.2. The van der Waals surface area contributed by atoms with E-state index in [1.807, 2.05) is 0 Å². The summed E-state index contributed by atoms with van der Waals surface area (Å²) in [4.78, 5) is 27.2. The minimum atomic E-state index is -0.472. The fourth-order valence-corrected chi connectivity index (χ4v) is 1.69. The average Bonchev–Trinajstić information content (AvgIpc) is 2.38. The summed E-state index contributed by atoms with van der Waals surface area (Å²) >= 11 is 5.80. The van der Waals surface area contributed by atoms with Gasteiger partial charge in [-0.25, -0.2) is 9.78 Å². The van der Waals surface area contributed by atoms with Gasteiger partial charge >= 0.3 is 5.97 Å². The number of carbonyl (C=O) groups is 1. The van der Waals surface area contributed by atoms with Crippen LogP contribution in [0.25, 0.3) is 5.65 Å². The van der Waals surface area contributed by atoms with Crippen molar-refractivity contribution in [1.29, 1.82) is 0 Å². The van der Waals surface area contributed by atoms with E-state index in [2.05, 4.69) is 4.98 Å². The number of rotatable bonds is 3. The Bertz CT molecular complexity index is 707. The third-order valence-electron chi connectivity index (χ3n) is 2.34. The third-order valence-corrected chi connectivity index (χ3v) is 2.57. The van der Waals surface area contributed by atoms with Crippen molar-refractivity contribution >= 4 is 23.2 Å². The smallest absolute Gasteiger partial charge is 0.330 e. The van der Waals surface area contributed by atoms with Crippen LogP contribution in [0.2, 0.25) is 5.02 Å². The number of aromatic nitrogens is 2. The van der Waals surface area contributed by atoms with E-state index in [-0.39, 0.29) is 12.2 Å². The van der Waals surface area contributed by atoms with Gasteiger partial charge in [0.15, 0.2) is 0 Å². The van der Waals surface area contributed by atoms with Crippen LogP contribution in [0.3, 0.4) is 0 Å². The zero-order valence-corrected chi connectivity index (χ0v) is 10.9. The van der Waals surface area contributed by atoms with Gasteiger partial charge in [0.2, 0.25) is 0 Å². The minimum absolute atomic E-state index is 0.0441. The molecule has 0 aliphatic carbocycles. The Morgan fingerprint density at radius 2 is 2.32 bits per heavy atom. The molecule has 2 aromatic rings. The molecule has 0 saturated carbocycles. The molecule has 0 saturated heterocycles. The van der Waals surface area contributed by atoms with Gasteiger partial charge in [-0.1, -0.05) is 17.7 Å². The van der Waals surface area contributed by atoms with Crippen molar-refractivity contribution in [2.75, 3.05) is 0 Å². The van der Waals surface area contributed by atoms with Gasteiger partial charge in [-0.3, -0.25) is 9.20 Å². The molecule has 0 atom stereocenters. The first-order chi connectivity index (χ1) is 9.10. The number of hydrogen-bond donors (Lipinski definition) is 0. The molecule has 2 rings (SSSR count).